The van der Waals surface area contributed by atoms with E-state index in [4.69, 9.17) is 10.5 Å². The number of methoxy groups -OCH3 is 1. The Balaban J connectivity index is 1.88. The molecule has 0 saturated heterocycles. The minimum Gasteiger partial charge on any atom is -0.496 e. The number of rotatable bonds is 4. The zero-order valence-corrected chi connectivity index (χ0v) is 12.9. The van der Waals surface area contributed by atoms with Crippen LogP contribution in [0.3, 0.4) is 0 Å². The average molecular weight is 310 g/mol. The van der Waals surface area contributed by atoms with Gasteiger partial charge in [-0.05, 0) is 47.9 Å². The number of hydrogen-bond acceptors (Lipinski definition) is 4. The quantitative estimate of drug-likeness (QED) is 0.878. The lowest BCUT2D eigenvalue weighted by Crippen LogP contribution is -2.31. The van der Waals surface area contributed by atoms with E-state index < -0.39 is 5.91 Å². The van der Waals surface area contributed by atoms with Crippen molar-refractivity contribution in [1.82, 2.24) is 0 Å². The van der Waals surface area contributed by atoms with Gasteiger partial charge < -0.3 is 15.4 Å². The molecule has 118 valence electrons. The minimum absolute atomic E-state index is 0.428. The molecule has 0 aromatic heterocycles. The second-order valence-corrected chi connectivity index (χ2v) is 5.52. The van der Waals surface area contributed by atoms with Gasteiger partial charge in [0.25, 0.3) is 0 Å². The van der Waals surface area contributed by atoms with E-state index >= 15 is 0 Å². The van der Waals surface area contributed by atoms with Gasteiger partial charge in [-0.1, -0.05) is 6.07 Å². The molecule has 2 N–H and O–H groups in total. The average Bonchev–Trinajstić information content (AvgIpc) is 2.60. The third-order valence-electron chi connectivity index (χ3n) is 4.26. The van der Waals surface area contributed by atoms with E-state index in [2.05, 4.69) is 4.90 Å². The maximum absolute atomic E-state index is 11.4. The molecule has 0 unspecified atom stereocenters. The van der Waals surface area contributed by atoms with Crippen LogP contribution in [0.1, 0.15) is 31.8 Å². The van der Waals surface area contributed by atoms with Crippen LogP contribution >= 0.6 is 0 Å². The van der Waals surface area contributed by atoms with Gasteiger partial charge in [-0.2, -0.15) is 0 Å². The highest BCUT2D eigenvalue weighted by molar-refractivity contribution is 5.93. The molecule has 0 saturated carbocycles. The molecule has 0 aliphatic carbocycles. The number of amides is 1. The van der Waals surface area contributed by atoms with E-state index in [9.17, 15) is 9.59 Å². The first-order valence-electron chi connectivity index (χ1n) is 7.42. The second-order valence-electron chi connectivity index (χ2n) is 5.52. The van der Waals surface area contributed by atoms with Crippen molar-refractivity contribution in [2.75, 3.05) is 18.6 Å². The number of carbonyl (C=O) groups is 2. The number of benzene rings is 2. The molecular weight excluding hydrogens is 292 g/mol. The third-order valence-corrected chi connectivity index (χ3v) is 4.26. The number of nitrogens with zero attached hydrogens (tertiary/aromatic N) is 1. The first-order valence-corrected chi connectivity index (χ1v) is 7.42. The fraction of sp³-hybridized carbons (Fsp3) is 0.222. The maximum atomic E-state index is 11.4. The van der Waals surface area contributed by atoms with E-state index in [1.807, 2.05) is 24.3 Å². The molecule has 23 heavy (non-hydrogen) atoms. The molecular formula is C18H18N2O3. The SMILES string of the molecule is COc1ccc2c(c1C=O)CCN(c1ccc(C(N)=O)cc1)C2. The molecule has 0 bridgehead atoms. The third kappa shape index (κ3) is 2.77. The smallest absolute Gasteiger partial charge is 0.248 e. The molecule has 2 aromatic carbocycles. The van der Waals surface area contributed by atoms with Gasteiger partial charge in [0.05, 0.1) is 12.7 Å². The van der Waals surface area contributed by atoms with E-state index in [1.54, 1.807) is 19.2 Å². The Kier molecular flexibility index (Phi) is 4.02. The van der Waals surface area contributed by atoms with Gasteiger partial charge in [0.1, 0.15) is 5.75 Å². The van der Waals surface area contributed by atoms with Gasteiger partial charge in [0.2, 0.25) is 5.91 Å². The predicted octanol–water partition coefficient (Wildman–Crippen LogP) is 2.17. The number of nitrogens with two attached hydrogens (primary N) is 1. The van der Waals surface area contributed by atoms with Crippen LogP contribution in [0.15, 0.2) is 36.4 Å². The minimum atomic E-state index is -0.428. The van der Waals surface area contributed by atoms with Gasteiger partial charge >= 0.3 is 0 Å². The van der Waals surface area contributed by atoms with Crippen LogP contribution < -0.4 is 15.4 Å². The van der Waals surface area contributed by atoms with Gasteiger partial charge in [0.15, 0.2) is 6.29 Å². The number of ether oxygens (including phenoxy) is 1. The molecule has 1 aliphatic rings. The first-order chi connectivity index (χ1) is 11.1. The highest BCUT2D eigenvalue weighted by Crippen LogP contribution is 2.30. The normalized spacial score (nSPS) is 13.3. The number of primary amides is 1. The fourth-order valence-electron chi connectivity index (χ4n) is 3.03. The summed E-state index contributed by atoms with van der Waals surface area (Å²) in [5.74, 6) is 0.196. The Morgan fingerprint density at radius 3 is 2.57 bits per heavy atom. The Labute approximate surface area is 134 Å². The molecule has 5 nitrogen and oxygen atoms in total. The Morgan fingerprint density at radius 1 is 1.22 bits per heavy atom. The summed E-state index contributed by atoms with van der Waals surface area (Å²) in [5, 5.41) is 0. The molecule has 0 spiro atoms. The fourth-order valence-corrected chi connectivity index (χ4v) is 3.03. The Morgan fingerprint density at radius 2 is 1.96 bits per heavy atom. The summed E-state index contributed by atoms with van der Waals surface area (Å²) < 4.78 is 5.26. The number of aldehydes is 1. The number of hydrogen-bond donors (Lipinski definition) is 1. The van der Waals surface area contributed by atoms with E-state index in [0.29, 0.717) is 16.9 Å². The molecule has 1 amide bonds. The van der Waals surface area contributed by atoms with Crippen molar-refractivity contribution in [2.24, 2.45) is 5.73 Å². The zero-order valence-electron chi connectivity index (χ0n) is 12.9. The second kappa shape index (κ2) is 6.12. The lowest BCUT2D eigenvalue weighted by atomic mass is 9.94. The summed E-state index contributed by atoms with van der Waals surface area (Å²) >= 11 is 0. The van der Waals surface area contributed by atoms with Crippen LogP contribution in [0.2, 0.25) is 0 Å². The van der Waals surface area contributed by atoms with Gasteiger partial charge in [-0.3, -0.25) is 9.59 Å². The number of carbonyl (C=O) groups excluding carboxylic acids is 2. The summed E-state index contributed by atoms with van der Waals surface area (Å²) in [6.45, 7) is 1.52. The van der Waals surface area contributed by atoms with Crippen LogP contribution in [0.4, 0.5) is 5.69 Å². The van der Waals surface area contributed by atoms with Crippen molar-refractivity contribution in [3.8, 4) is 5.75 Å². The van der Waals surface area contributed by atoms with E-state index in [1.165, 1.54) is 0 Å². The van der Waals surface area contributed by atoms with Crippen LogP contribution in [0.25, 0.3) is 0 Å². The first kappa shape index (κ1) is 15.1. The molecule has 2 aromatic rings. The van der Waals surface area contributed by atoms with Gasteiger partial charge in [-0.25, -0.2) is 0 Å². The predicted molar refractivity (Wildman–Crippen MR) is 88.1 cm³/mol. The van der Waals surface area contributed by atoms with Crippen molar-refractivity contribution in [3.63, 3.8) is 0 Å². The van der Waals surface area contributed by atoms with Crippen molar-refractivity contribution < 1.29 is 14.3 Å². The molecule has 0 atom stereocenters. The van der Waals surface area contributed by atoms with Crippen LogP contribution in [0.5, 0.6) is 5.75 Å². The van der Waals surface area contributed by atoms with Crippen LogP contribution in [0, 0.1) is 0 Å². The summed E-state index contributed by atoms with van der Waals surface area (Å²) in [6.07, 6.45) is 1.65. The molecule has 0 fully saturated rings. The lowest BCUT2D eigenvalue weighted by Gasteiger charge is -2.31. The molecule has 5 heteroatoms. The molecule has 3 rings (SSSR count). The number of anilines is 1. The van der Waals surface area contributed by atoms with Crippen molar-refractivity contribution in [3.05, 3.63) is 58.7 Å². The van der Waals surface area contributed by atoms with Crippen LogP contribution in [-0.4, -0.2) is 25.8 Å². The van der Waals surface area contributed by atoms with Crippen LogP contribution in [-0.2, 0) is 13.0 Å². The monoisotopic (exact) mass is 310 g/mol. The zero-order chi connectivity index (χ0) is 16.4. The summed E-state index contributed by atoms with van der Waals surface area (Å²) in [5.41, 5.74) is 9.63. The largest absolute Gasteiger partial charge is 0.496 e. The maximum Gasteiger partial charge on any atom is 0.248 e. The summed E-state index contributed by atoms with van der Waals surface area (Å²) in [6, 6.07) is 11.1. The molecule has 0 radical (unpaired) electrons. The number of fused-ring (bicyclic) bond motifs is 1. The highest BCUT2D eigenvalue weighted by Gasteiger charge is 2.21. The Bertz CT molecular complexity index is 754. The molecule has 1 heterocycles. The standard InChI is InChI=1S/C18H18N2O3/c1-23-17-7-4-13-10-20(9-8-15(13)16(17)11-21)14-5-2-12(3-6-14)18(19)22/h2-7,11H,8-10H2,1H3,(H2,19,22). The van der Waals surface area contributed by atoms with E-state index in [-0.39, 0.29) is 0 Å². The van der Waals surface area contributed by atoms with Gasteiger partial charge in [-0.15, -0.1) is 0 Å². The van der Waals surface area contributed by atoms with Crippen molar-refractivity contribution >= 4 is 17.9 Å². The molecule has 1 aliphatic heterocycles. The Hall–Kier alpha value is -2.82. The van der Waals surface area contributed by atoms with Gasteiger partial charge in [0, 0.05) is 24.3 Å². The van der Waals surface area contributed by atoms with Crippen molar-refractivity contribution in [1.29, 1.82) is 0 Å². The summed E-state index contributed by atoms with van der Waals surface area (Å²) in [7, 11) is 1.57. The highest BCUT2D eigenvalue weighted by atomic mass is 16.5. The topological polar surface area (TPSA) is 72.6 Å². The lowest BCUT2D eigenvalue weighted by molar-refractivity contribution is 0.1000. The van der Waals surface area contributed by atoms with E-state index in [0.717, 1.165) is 42.6 Å². The summed E-state index contributed by atoms with van der Waals surface area (Å²) in [4.78, 5) is 24.7. The van der Waals surface area contributed by atoms with Crippen molar-refractivity contribution in [2.45, 2.75) is 13.0 Å².